The Morgan fingerprint density at radius 2 is 1.17 bits per heavy atom. The van der Waals surface area contributed by atoms with Crippen LogP contribution in [0.4, 0.5) is 46.3 Å². The molecule has 0 saturated heterocycles. The summed E-state index contributed by atoms with van der Waals surface area (Å²) >= 11 is 0. The van der Waals surface area contributed by atoms with Gasteiger partial charge in [0.1, 0.15) is 58.2 Å². The lowest BCUT2D eigenvalue weighted by atomic mass is 10.3. The zero-order chi connectivity index (χ0) is 48.8. The molecule has 0 atom stereocenters. The molecule has 20 N–H and O–H groups in total. The molecule has 70 heavy (non-hydrogen) atoms. The Kier molecular flexibility index (Phi) is 13.7. The number of aliphatic imine (C=N–C) groups is 1. The van der Waals surface area contributed by atoms with E-state index in [0.29, 0.717) is 74.1 Å². The van der Waals surface area contributed by atoms with Gasteiger partial charge in [-0.05, 0) is 23.4 Å². The highest BCUT2D eigenvalue weighted by atomic mass is 15.4. The molecule has 0 aromatic carbocycles. The molecule has 0 amide bonds. The van der Waals surface area contributed by atoms with E-state index < -0.39 is 0 Å². The average Bonchev–Trinajstić information content (AvgIpc) is 4.22. The number of H-pyrrole nitrogens is 6. The van der Waals surface area contributed by atoms with Crippen molar-refractivity contribution in [2.45, 2.75) is 6.42 Å². The highest BCUT2D eigenvalue weighted by molar-refractivity contribution is 5.86. The number of pyridine rings is 2. The van der Waals surface area contributed by atoms with E-state index in [1.807, 2.05) is 12.1 Å². The van der Waals surface area contributed by atoms with Gasteiger partial charge in [-0.15, -0.1) is 20.4 Å². The Hall–Kier alpha value is -11.3. The van der Waals surface area contributed by atoms with Crippen LogP contribution < -0.4 is 40.1 Å². The standard InChI is InChI=1S/4C6H6N4.C5H5N5.2C4H4N6/c7-6-5-4(1-2-8-6)9-3-10-5;7-6-5-4(1-2-8-5)9-3-10-6;7-4-1-2-8-6-5(4)9-3-10-6;7-5-4-1-2-8-6(4)10-3-9-5;6-5-4-3(1-9-10-5)7-2-8-4;5-3-2-4(7-1-6-3)9-10-8-2;5-3-2-4(7-1-6-2)9-10-8-3/h1-3H,(H2,7,8)(H,9,10);2-3H,1H2,(H2,7,9,10);2*1-3H,(H3,7,8,9,10);1-2H,(H2,6,10)(H,7,8);1H,(H3,5,6,7,8,9,10);1H,(H3,5,6,7,8,9). The number of nitrogens with two attached hydrogens (primary N) is 7. The van der Waals surface area contributed by atoms with Gasteiger partial charge in [0, 0.05) is 31.2 Å². The number of nitrogen functional groups attached to an aromatic ring is 7. The first-order valence-corrected chi connectivity index (χ1v) is 19.8. The smallest absolute Gasteiger partial charge is 0.206 e. The molecule has 0 unspecified atom stereocenters. The molecule has 0 aliphatic carbocycles. The maximum absolute atomic E-state index is 5.59. The molecule has 0 radical (unpaired) electrons. The van der Waals surface area contributed by atoms with Crippen LogP contribution >= 0.6 is 0 Å². The van der Waals surface area contributed by atoms with Gasteiger partial charge >= 0.3 is 0 Å². The molecule has 14 heterocycles. The number of fused-ring (bicyclic) bond motifs is 7. The third-order valence-electron chi connectivity index (χ3n) is 9.12. The summed E-state index contributed by atoms with van der Waals surface area (Å²) in [6.07, 6.45) is 19.7. The minimum absolute atomic E-state index is 0.322. The Labute approximate surface area is 388 Å². The number of nitrogens with zero attached hydrogens (tertiary/aromatic N) is 20. The minimum Gasteiger partial charge on any atom is -0.397 e. The summed E-state index contributed by atoms with van der Waals surface area (Å²) in [7, 11) is 0. The molecule has 13 aromatic heterocycles. The monoisotopic (exact) mass is 943 g/mol. The maximum Gasteiger partial charge on any atom is 0.206 e. The lowest BCUT2D eigenvalue weighted by Crippen LogP contribution is -1.96. The Morgan fingerprint density at radius 3 is 1.93 bits per heavy atom. The van der Waals surface area contributed by atoms with Gasteiger partial charge < -0.3 is 65.1 Å². The third kappa shape index (κ3) is 10.6. The van der Waals surface area contributed by atoms with Crippen molar-refractivity contribution < 1.29 is 0 Å². The zero-order valence-corrected chi connectivity index (χ0v) is 35.9. The van der Waals surface area contributed by atoms with Crippen molar-refractivity contribution >= 4 is 119 Å². The number of nitrogens with one attached hydrogen (secondary N) is 6. The van der Waals surface area contributed by atoms with Crippen LogP contribution in [0.1, 0.15) is 5.69 Å². The van der Waals surface area contributed by atoms with Gasteiger partial charge in [0.2, 0.25) is 11.3 Å². The van der Waals surface area contributed by atoms with Gasteiger partial charge in [0.25, 0.3) is 0 Å². The molecule has 1 aliphatic rings. The van der Waals surface area contributed by atoms with Gasteiger partial charge in [-0.3, -0.25) is 4.99 Å². The summed E-state index contributed by atoms with van der Waals surface area (Å²) in [6.45, 7) is 0. The first-order chi connectivity index (χ1) is 34.1. The summed E-state index contributed by atoms with van der Waals surface area (Å²) in [4.78, 5) is 65.1. The lowest BCUT2D eigenvalue weighted by molar-refractivity contribution is 0.896. The molecule has 14 rings (SSSR count). The summed E-state index contributed by atoms with van der Waals surface area (Å²) in [6, 6.07) is 5.42. The van der Waals surface area contributed by atoms with E-state index in [1.54, 1.807) is 56.1 Å². The van der Waals surface area contributed by atoms with Gasteiger partial charge in [-0.2, -0.15) is 15.4 Å². The van der Waals surface area contributed by atoms with E-state index in [4.69, 9.17) is 40.1 Å². The number of aromatic amines is 6. The van der Waals surface area contributed by atoms with Crippen molar-refractivity contribution in [3.8, 4) is 0 Å². The van der Waals surface area contributed by atoms with Gasteiger partial charge in [0.05, 0.1) is 59.3 Å². The second-order valence-corrected chi connectivity index (χ2v) is 13.5. The summed E-state index contributed by atoms with van der Waals surface area (Å²) < 4.78 is 0. The highest BCUT2D eigenvalue weighted by Crippen LogP contribution is 2.26. The van der Waals surface area contributed by atoms with Crippen LogP contribution in [-0.4, -0.2) is 132 Å². The normalized spacial score (nSPS) is 10.9. The fourth-order valence-corrected chi connectivity index (χ4v) is 5.81. The topological polar surface area (TPSA) is 534 Å². The van der Waals surface area contributed by atoms with Crippen LogP contribution in [-0.2, 0) is 6.42 Å². The first kappa shape index (κ1) is 45.3. The van der Waals surface area contributed by atoms with E-state index in [-0.39, 0.29) is 0 Å². The number of anilines is 7. The van der Waals surface area contributed by atoms with Gasteiger partial charge in [0.15, 0.2) is 40.3 Å². The molecule has 0 saturated carbocycles. The van der Waals surface area contributed by atoms with Crippen molar-refractivity contribution in [3.05, 3.63) is 93.0 Å². The van der Waals surface area contributed by atoms with Gasteiger partial charge in [-0.25, -0.2) is 59.8 Å². The number of hydrogen-bond donors (Lipinski definition) is 13. The third-order valence-corrected chi connectivity index (χ3v) is 9.12. The highest BCUT2D eigenvalue weighted by Gasteiger charge is 2.10. The second kappa shape index (κ2) is 21.1. The number of aromatic nitrogens is 25. The van der Waals surface area contributed by atoms with Crippen LogP contribution in [0.2, 0.25) is 0 Å². The fourth-order valence-electron chi connectivity index (χ4n) is 5.81. The van der Waals surface area contributed by atoms with E-state index >= 15 is 0 Å². The molecule has 0 fully saturated rings. The fraction of sp³-hybridized carbons (Fsp3) is 0.0270. The number of imidazole rings is 4. The minimum atomic E-state index is 0.322. The van der Waals surface area contributed by atoms with Crippen molar-refractivity contribution in [1.82, 2.24) is 126 Å². The van der Waals surface area contributed by atoms with Crippen molar-refractivity contribution in [2.24, 2.45) is 4.99 Å². The van der Waals surface area contributed by atoms with Crippen LogP contribution in [0.5, 0.6) is 0 Å². The van der Waals surface area contributed by atoms with E-state index in [0.717, 1.165) is 50.9 Å². The molecule has 0 spiro atoms. The quantitative estimate of drug-likeness (QED) is 0.0986. The Morgan fingerprint density at radius 1 is 0.471 bits per heavy atom. The summed E-state index contributed by atoms with van der Waals surface area (Å²) in [5.41, 5.74) is 48.3. The first-order valence-electron chi connectivity index (χ1n) is 19.8. The van der Waals surface area contributed by atoms with Crippen LogP contribution in [0.3, 0.4) is 0 Å². The summed E-state index contributed by atoms with van der Waals surface area (Å²) in [5.74, 6) is 2.49. The number of hydrogen-bond acceptors (Lipinski definition) is 27. The summed E-state index contributed by atoms with van der Waals surface area (Å²) in [5, 5.41) is 28.5. The average molecular weight is 944 g/mol. The molecular formula is C37H37N33. The predicted octanol–water partition coefficient (Wildman–Crippen LogP) is 0.533. The SMILES string of the molecule is Nc1ccnc2nc[nH]c12.Nc1nccc2[nH]cnc12.Nc1ncnc2[nH]ccc12.Nc1ncnc2c1N=CC2.Nc1ncnc2n[nH]nc12.Nc1nncc2[nH]cnc12.Nc1nnnc2nc[nH]c12. The zero-order valence-electron chi connectivity index (χ0n) is 35.9. The molecular weight excluding hydrogens is 907 g/mol. The Bertz CT molecular complexity index is 3230. The Balaban J connectivity index is 0.000000110. The molecule has 33 nitrogen and oxygen atoms in total. The number of rotatable bonds is 0. The largest absolute Gasteiger partial charge is 0.397 e. The predicted molar refractivity (Wildman–Crippen MR) is 257 cm³/mol. The van der Waals surface area contributed by atoms with E-state index in [9.17, 15) is 0 Å². The lowest BCUT2D eigenvalue weighted by Gasteiger charge is -1.96. The van der Waals surface area contributed by atoms with Gasteiger partial charge in [-0.1, -0.05) is 0 Å². The van der Waals surface area contributed by atoms with E-state index in [2.05, 4.69) is 131 Å². The maximum atomic E-state index is 5.59. The second-order valence-electron chi connectivity index (χ2n) is 13.5. The molecule has 13 aromatic rings. The molecule has 0 bridgehead atoms. The van der Waals surface area contributed by atoms with Crippen LogP contribution in [0.25, 0.3) is 66.6 Å². The molecule has 33 heteroatoms. The van der Waals surface area contributed by atoms with Crippen LogP contribution in [0.15, 0.2) is 92.3 Å². The van der Waals surface area contributed by atoms with E-state index in [1.165, 1.54) is 25.3 Å². The van der Waals surface area contributed by atoms with Crippen LogP contribution in [0, 0.1) is 0 Å². The van der Waals surface area contributed by atoms with Crippen molar-refractivity contribution in [1.29, 1.82) is 0 Å². The van der Waals surface area contributed by atoms with Crippen molar-refractivity contribution in [2.75, 3.05) is 40.1 Å². The van der Waals surface area contributed by atoms with Crippen molar-refractivity contribution in [3.63, 3.8) is 0 Å². The molecule has 350 valence electrons. The molecule has 1 aliphatic heterocycles.